The average Bonchev–Trinajstić information content (AvgIpc) is 3.17. The van der Waals surface area contributed by atoms with Crippen LogP contribution >= 0.6 is 11.3 Å². The van der Waals surface area contributed by atoms with Gasteiger partial charge in [0.1, 0.15) is 0 Å². The van der Waals surface area contributed by atoms with Gasteiger partial charge in [0.25, 0.3) is 0 Å². The fourth-order valence-electron chi connectivity index (χ4n) is 2.82. The van der Waals surface area contributed by atoms with Crippen LogP contribution in [-0.4, -0.2) is 58.0 Å². The van der Waals surface area contributed by atoms with E-state index in [0.717, 1.165) is 24.7 Å². The second-order valence-corrected chi connectivity index (χ2v) is 6.60. The van der Waals surface area contributed by atoms with Crippen LogP contribution in [0.3, 0.4) is 0 Å². The highest BCUT2D eigenvalue weighted by Gasteiger charge is 2.26. The summed E-state index contributed by atoms with van der Waals surface area (Å²) in [5.41, 5.74) is 2.79. The molecule has 2 aromatic rings. The summed E-state index contributed by atoms with van der Waals surface area (Å²) in [4.78, 5) is 29.5. The Morgan fingerprint density at radius 3 is 2.50 bits per heavy atom. The number of hydrogen-bond acceptors (Lipinski definition) is 7. The zero-order valence-electron chi connectivity index (χ0n) is 13.9. The van der Waals surface area contributed by atoms with Gasteiger partial charge in [-0.3, -0.25) is 10.1 Å². The Labute approximate surface area is 145 Å². The molecule has 0 aliphatic carbocycles. The fourth-order valence-corrected chi connectivity index (χ4v) is 3.47. The molecule has 1 amide bonds. The maximum atomic E-state index is 12.6. The fraction of sp³-hybridized carbons (Fsp3) is 0.500. The Kier molecular flexibility index (Phi) is 5.37. The number of carbonyl (C=O) groups is 1. The van der Waals surface area contributed by atoms with Gasteiger partial charge in [0.2, 0.25) is 11.9 Å². The van der Waals surface area contributed by atoms with E-state index in [4.69, 9.17) is 0 Å². The van der Waals surface area contributed by atoms with Crippen LogP contribution in [0.1, 0.15) is 25.6 Å². The van der Waals surface area contributed by atoms with E-state index in [2.05, 4.69) is 25.2 Å². The molecule has 1 saturated heterocycles. The molecule has 0 radical (unpaired) electrons. The van der Waals surface area contributed by atoms with Gasteiger partial charge in [-0.05, 0) is 19.9 Å². The highest BCUT2D eigenvalue weighted by atomic mass is 32.1. The van der Waals surface area contributed by atoms with E-state index in [0.29, 0.717) is 13.1 Å². The second kappa shape index (κ2) is 7.67. The second-order valence-electron chi connectivity index (χ2n) is 5.88. The lowest BCUT2D eigenvalue weighted by Crippen LogP contribution is -2.54. The standard InChI is InChI=1S/C16H22N6OS/c1-12(14-10-24-11-19-14)20-13(2)15(23)21-6-8-22(9-7-21)16-17-4-3-5-18-16/h3-5,10-13,20H,6-9H2,1-2H3. The van der Waals surface area contributed by atoms with Crippen LogP contribution in [0, 0.1) is 0 Å². The lowest BCUT2D eigenvalue weighted by atomic mass is 10.2. The zero-order valence-corrected chi connectivity index (χ0v) is 14.7. The first-order chi connectivity index (χ1) is 11.6. The third-order valence-electron chi connectivity index (χ3n) is 4.19. The van der Waals surface area contributed by atoms with Crippen molar-refractivity contribution >= 4 is 23.2 Å². The van der Waals surface area contributed by atoms with Gasteiger partial charge in [-0.15, -0.1) is 11.3 Å². The van der Waals surface area contributed by atoms with Gasteiger partial charge in [-0.2, -0.15) is 0 Å². The predicted molar refractivity (Wildman–Crippen MR) is 94.0 cm³/mol. The first-order valence-corrected chi connectivity index (χ1v) is 9.04. The van der Waals surface area contributed by atoms with Crippen molar-refractivity contribution in [3.05, 3.63) is 35.0 Å². The third-order valence-corrected chi connectivity index (χ3v) is 4.80. The molecule has 8 heteroatoms. The number of anilines is 1. The van der Waals surface area contributed by atoms with Crippen molar-refractivity contribution in [1.29, 1.82) is 0 Å². The molecule has 24 heavy (non-hydrogen) atoms. The number of carbonyl (C=O) groups excluding carboxylic acids is 1. The molecule has 2 unspecified atom stereocenters. The van der Waals surface area contributed by atoms with Crippen LogP contribution in [0.5, 0.6) is 0 Å². The highest BCUT2D eigenvalue weighted by molar-refractivity contribution is 7.07. The monoisotopic (exact) mass is 346 g/mol. The number of hydrogen-bond donors (Lipinski definition) is 1. The molecule has 2 atom stereocenters. The molecule has 1 aliphatic heterocycles. The summed E-state index contributed by atoms with van der Waals surface area (Å²) in [6, 6.07) is 1.63. The minimum absolute atomic E-state index is 0.0641. The van der Waals surface area contributed by atoms with Gasteiger partial charge in [-0.25, -0.2) is 15.0 Å². The lowest BCUT2D eigenvalue weighted by molar-refractivity contribution is -0.133. The number of rotatable bonds is 5. The summed E-state index contributed by atoms with van der Waals surface area (Å²) in [5.74, 6) is 0.860. The topological polar surface area (TPSA) is 74.2 Å². The van der Waals surface area contributed by atoms with Crippen LogP contribution in [0.2, 0.25) is 0 Å². The summed E-state index contributed by atoms with van der Waals surface area (Å²) >= 11 is 1.57. The summed E-state index contributed by atoms with van der Waals surface area (Å²) in [6.45, 7) is 6.83. The molecule has 0 bridgehead atoms. The van der Waals surface area contributed by atoms with Crippen LogP contribution in [0.15, 0.2) is 29.4 Å². The highest BCUT2D eigenvalue weighted by Crippen LogP contribution is 2.14. The number of amides is 1. The summed E-state index contributed by atoms with van der Waals surface area (Å²) < 4.78 is 0. The van der Waals surface area contributed by atoms with Crippen molar-refractivity contribution in [3.8, 4) is 0 Å². The average molecular weight is 346 g/mol. The first-order valence-electron chi connectivity index (χ1n) is 8.10. The summed E-state index contributed by atoms with van der Waals surface area (Å²) in [6.07, 6.45) is 3.48. The first kappa shape index (κ1) is 16.8. The van der Waals surface area contributed by atoms with Crippen LogP contribution < -0.4 is 10.2 Å². The maximum absolute atomic E-state index is 12.6. The van der Waals surface area contributed by atoms with E-state index < -0.39 is 0 Å². The van der Waals surface area contributed by atoms with Crippen molar-refractivity contribution in [2.45, 2.75) is 25.9 Å². The summed E-state index contributed by atoms with van der Waals surface area (Å²) in [7, 11) is 0. The Balaban J connectivity index is 1.51. The minimum Gasteiger partial charge on any atom is -0.338 e. The maximum Gasteiger partial charge on any atom is 0.239 e. The molecule has 0 saturated carbocycles. The zero-order chi connectivity index (χ0) is 16.9. The van der Waals surface area contributed by atoms with E-state index >= 15 is 0 Å². The van der Waals surface area contributed by atoms with Crippen molar-refractivity contribution in [3.63, 3.8) is 0 Å². The molecular formula is C16H22N6OS. The van der Waals surface area contributed by atoms with E-state index in [1.807, 2.05) is 29.6 Å². The minimum atomic E-state index is -0.235. The molecule has 1 fully saturated rings. The smallest absolute Gasteiger partial charge is 0.239 e. The third kappa shape index (κ3) is 3.88. The lowest BCUT2D eigenvalue weighted by Gasteiger charge is -2.36. The van der Waals surface area contributed by atoms with Crippen molar-refractivity contribution in [2.75, 3.05) is 31.1 Å². The quantitative estimate of drug-likeness (QED) is 0.880. The van der Waals surface area contributed by atoms with Crippen LogP contribution in [-0.2, 0) is 4.79 Å². The SMILES string of the molecule is CC(NC(C)c1cscn1)C(=O)N1CCN(c2ncccn2)CC1. The van der Waals surface area contributed by atoms with Gasteiger partial charge in [0, 0.05) is 50.0 Å². The van der Waals surface area contributed by atoms with Crippen LogP contribution in [0.4, 0.5) is 5.95 Å². The number of thiazole rings is 1. The van der Waals surface area contributed by atoms with Crippen molar-refractivity contribution in [1.82, 2.24) is 25.2 Å². The van der Waals surface area contributed by atoms with E-state index in [9.17, 15) is 4.79 Å². The molecule has 1 aliphatic rings. The molecule has 2 aromatic heterocycles. The van der Waals surface area contributed by atoms with E-state index in [1.54, 1.807) is 29.8 Å². The van der Waals surface area contributed by atoms with Crippen LogP contribution in [0.25, 0.3) is 0 Å². The number of piperazine rings is 1. The number of nitrogens with zero attached hydrogens (tertiary/aromatic N) is 5. The Morgan fingerprint density at radius 2 is 1.88 bits per heavy atom. The summed E-state index contributed by atoms with van der Waals surface area (Å²) in [5, 5.41) is 5.34. The Bertz CT molecular complexity index is 642. The van der Waals surface area contributed by atoms with E-state index in [1.165, 1.54) is 0 Å². The predicted octanol–water partition coefficient (Wildman–Crippen LogP) is 1.32. The normalized spacial score (nSPS) is 17.6. The van der Waals surface area contributed by atoms with E-state index in [-0.39, 0.29) is 18.0 Å². The molecule has 3 rings (SSSR count). The Morgan fingerprint density at radius 1 is 1.17 bits per heavy atom. The molecule has 0 aromatic carbocycles. The van der Waals surface area contributed by atoms with Gasteiger partial charge < -0.3 is 9.80 Å². The molecular weight excluding hydrogens is 324 g/mol. The van der Waals surface area contributed by atoms with Gasteiger partial charge in [-0.1, -0.05) is 0 Å². The van der Waals surface area contributed by atoms with Gasteiger partial charge in [0.15, 0.2) is 0 Å². The molecule has 0 spiro atoms. The van der Waals surface area contributed by atoms with Crippen molar-refractivity contribution < 1.29 is 4.79 Å². The Hall–Kier alpha value is -2.06. The largest absolute Gasteiger partial charge is 0.338 e. The molecule has 7 nitrogen and oxygen atoms in total. The number of nitrogens with one attached hydrogen (secondary N) is 1. The van der Waals surface area contributed by atoms with Gasteiger partial charge in [0.05, 0.1) is 17.2 Å². The van der Waals surface area contributed by atoms with Gasteiger partial charge >= 0.3 is 0 Å². The number of aromatic nitrogens is 3. The molecule has 3 heterocycles. The molecule has 1 N–H and O–H groups in total. The van der Waals surface area contributed by atoms with Crippen molar-refractivity contribution in [2.24, 2.45) is 0 Å². The molecule has 128 valence electrons.